The second kappa shape index (κ2) is 3.93. The topological polar surface area (TPSA) is 17.8 Å². The fourth-order valence-electron chi connectivity index (χ4n) is 1.81. The summed E-state index contributed by atoms with van der Waals surface area (Å²) in [5.74, 6) is -0.266. The predicted octanol–water partition coefficient (Wildman–Crippen LogP) is 3.43. The summed E-state index contributed by atoms with van der Waals surface area (Å²) in [5, 5.41) is 5.10. The number of nitrogens with zero attached hydrogens (tertiary/aromatic N) is 2. The highest BCUT2D eigenvalue weighted by Crippen LogP contribution is 2.25. The van der Waals surface area contributed by atoms with Crippen LogP contribution >= 0.6 is 15.9 Å². The van der Waals surface area contributed by atoms with Gasteiger partial charge in [-0.25, -0.2) is 4.39 Å². The van der Waals surface area contributed by atoms with Crippen molar-refractivity contribution >= 4 is 26.8 Å². The summed E-state index contributed by atoms with van der Waals surface area (Å²) in [6.45, 7) is 2.10. The Morgan fingerprint density at radius 3 is 2.87 bits per heavy atom. The first kappa shape index (κ1) is 10.6. The summed E-state index contributed by atoms with van der Waals surface area (Å²) >= 11 is 3.30. The van der Waals surface area contributed by atoms with E-state index in [0.717, 1.165) is 28.4 Å². The van der Waals surface area contributed by atoms with E-state index < -0.39 is 0 Å². The molecule has 0 atom stereocenters. The van der Waals surface area contributed by atoms with Gasteiger partial charge in [0.15, 0.2) is 5.82 Å². The standard InChI is InChI=1S/C11H12BrFN2/c1-3-4-10-8-5-7(12)6-9(13)11(8)14-15(10)2/h5-6H,3-4H2,1-2H3. The number of benzene rings is 1. The Morgan fingerprint density at radius 1 is 1.47 bits per heavy atom. The van der Waals surface area contributed by atoms with E-state index in [1.807, 2.05) is 13.1 Å². The van der Waals surface area contributed by atoms with Gasteiger partial charge in [-0.1, -0.05) is 29.3 Å². The van der Waals surface area contributed by atoms with Crippen LogP contribution < -0.4 is 0 Å². The van der Waals surface area contributed by atoms with Crippen LogP contribution in [-0.2, 0) is 13.5 Å². The first-order valence-electron chi connectivity index (χ1n) is 4.94. The summed E-state index contributed by atoms with van der Waals surface area (Å²) in [6.07, 6.45) is 1.95. The molecule has 0 radical (unpaired) electrons. The molecule has 0 bridgehead atoms. The maximum absolute atomic E-state index is 13.6. The molecule has 80 valence electrons. The minimum atomic E-state index is -0.266. The number of halogens is 2. The van der Waals surface area contributed by atoms with Crippen LogP contribution in [0.2, 0.25) is 0 Å². The Balaban J connectivity index is 2.74. The zero-order chi connectivity index (χ0) is 11.0. The second-order valence-electron chi connectivity index (χ2n) is 3.60. The van der Waals surface area contributed by atoms with Crippen LogP contribution in [0.25, 0.3) is 10.9 Å². The Bertz CT molecular complexity index is 505. The lowest BCUT2D eigenvalue weighted by atomic mass is 10.1. The maximum Gasteiger partial charge on any atom is 0.152 e. The highest BCUT2D eigenvalue weighted by Gasteiger charge is 2.12. The minimum Gasteiger partial charge on any atom is -0.271 e. The summed E-state index contributed by atoms with van der Waals surface area (Å²) < 4.78 is 16.1. The highest BCUT2D eigenvalue weighted by atomic mass is 79.9. The number of rotatable bonds is 2. The molecule has 0 spiro atoms. The molecule has 1 aromatic heterocycles. The van der Waals surface area contributed by atoms with E-state index in [1.54, 1.807) is 4.68 Å². The molecule has 0 aliphatic carbocycles. The van der Waals surface area contributed by atoms with Gasteiger partial charge >= 0.3 is 0 Å². The van der Waals surface area contributed by atoms with E-state index in [4.69, 9.17) is 0 Å². The second-order valence-corrected chi connectivity index (χ2v) is 4.52. The van der Waals surface area contributed by atoms with Crippen molar-refractivity contribution in [3.8, 4) is 0 Å². The van der Waals surface area contributed by atoms with Gasteiger partial charge in [0.25, 0.3) is 0 Å². The van der Waals surface area contributed by atoms with Crippen molar-refractivity contribution in [1.82, 2.24) is 9.78 Å². The molecule has 2 rings (SSSR count). The lowest BCUT2D eigenvalue weighted by Crippen LogP contribution is -1.97. The molecule has 0 saturated heterocycles. The van der Waals surface area contributed by atoms with Gasteiger partial charge in [-0.15, -0.1) is 0 Å². The molecule has 2 aromatic rings. The monoisotopic (exact) mass is 270 g/mol. The zero-order valence-corrected chi connectivity index (χ0v) is 10.3. The minimum absolute atomic E-state index is 0.266. The molecule has 0 aliphatic heterocycles. The molecule has 0 saturated carbocycles. The number of aromatic nitrogens is 2. The Kier molecular flexibility index (Phi) is 2.78. The van der Waals surface area contributed by atoms with Crippen molar-refractivity contribution in [3.63, 3.8) is 0 Å². The molecular formula is C11H12BrFN2. The van der Waals surface area contributed by atoms with Gasteiger partial charge in [-0.3, -0.25) is 4.68 Å². The number of hydrogen-bond acceptors (Lipinski definition) is 1. The van der Waals surface area contributed by atoms with E-state index in [-0.39, 0.29) is 5.82 Å². The first-order chi connectivity index (χ1) is 7.13. The SMILES string of the molecule is CCCc1c2cc(Br)cc(F)c2nn1C. The third-order valence-electron chi connectivity index (χ3n) is 2.47. The quantitative estimate of drug-likeness (QED) is 0.818. The first-order valence-corrected chi connectivity index (χ1v) is 5.73. The van der Waals surface area contributed by atoms with Crippen molar-refractivity contribution < 1.29 is 4.39 Å². The van der Waals surface area contributed by atoms with Gasteiger partial charge < -0.3 is 0 Å². The number of aryl methyl sites for hydroxylation is 2. The molecule has 1 heterocycles. The van der Waals surface area contributed by atoms with Crippen molar-refractivity contribution in [3.05, 3.63) is 28.1 Å². The predicted molar refractivity (Wildman–Crippen MR) is 62.4 cm³/mol. The zero-order valence-electron chi connectivity index (χ0n) is 8.72. The molecule has 0 aliphatic rings. The van der Waals surface area contributed by atoms with Crippen molar-refractivity contribution in [2.24, 2.45) is 7.05 Å². The van der Waals surface area contributed by atoms with E-state index in [0.29, 0.717) is 5.52 Å². The molecular weight excluding hydrogens is 259 g/mol. The van der Waals surface area contributed by atoms with E-state index in [2.05, 4.69) is 28.0 Å². The molecule has 2 nitrogen and oxygen atoms in total. The van der Waals surface area contributed by atoms with Gasteiger partial charge in [0, 0.05) is 22.6 Å². The molecule has 0 unspecified atom stereocenters. The van der Waals surface area contributed by atoms with E-state index in [1.165, 1.54) is 6.07 Å². The largest absolute Gasteiger partial charge is 0.271 e. The van der Waals surface area contributed by atoms with Crippen LogP contribution in [-0.4, -0.2) is 9.78 Å². The van der Waals surface area contributed by atoms with Gasteiger partial charge in [-0.2, -0.15) is 5.10 Å². The molecule has 4 heteroatoms. The van der Waals surface area contributed by atoms with Gasteiger partial charge in [0.2, 0.25) is 0 Å². The lowest BCUT2D eigenvalue weighted by molar-refractivity contribution is 0.630. The fraction of sp³-hybridized carbons (Fsp3) is 0.364. The molecule has 0 amide bonds. The Labute approximate surface area is 96.2 Å². The van der Waals surface area contributed by atoms with Crippen LogP contribution in [0.1, 0.15) is 19.0 Å². The van der Waals surface area contributed by atoms with Crippen molar-refractivity contribution in [1.29, 1.82) is 0 Å². The maximum atomic E-state index is 13.6. The normalized spacial score (nSPS) is 11.2. The molecule has 0 fully saturated rings. The summed E-state index contributed by atoms with van der Waals surface area (Å²) in [6, 6.07) is 3.38. The van der Waals surface area contributed by atoms with Gasteiger partial charge in [0.05, 0.1) is 0 Å². The van der Waals surface area contributed by atoms with Crippen LogP contribution in [0.15, 0.2) is 16.6 Å². The smallest absolute Gasteiger partial charge is 0.152 e. The van der Waals surface area contributed by atoms with Crippen LogP contribution in [0, 0.1) is 5.82 Å². The fourth-order valence-corrected chi connectivity index (χ4v) is 2.24. The summed E-state index contributed by atoms with van der Waals surface area (Å²) in [5.41, 5.74) is 1.55. The van der Waals surface area contributed by atoms with Gasteiger partial charge in [-0.05, 0) is 18.6 Å². The Morgan fingerprint density at radius 2 is 2.20 bits per heavy atom. The van der Waals surface area contributed by atoms with E-state index in [9.17, 15) is 4.39 Å². The molecule has 15 heavy (non-hydrogen) atoms. The molecule has 1 aromatic carbocycles. The van der Waals surface area contributed by atoms with Crippen LogP contribution in [0.5, 0.6) is 0 Å². The number of hydrogen-bond donors (Lipinski definition) is 0. The average molecular weight is 271 g/mol. The molecule has 0 N–H and O–H groups in total. The van der Waals surface area contributed by atoms with Crippen molar-refractivity contribution in [2.75, 3.05) is 0 Å². The summed E-state index contributed by atoms with van der Waals surface area (Å²) in [7, 11) is 1.86. The van der Waals surface area contributed by atoms with Crippen LogP contribution in [0.3, 0.4) is 0 Å². The summed E-state index contributed by atoms with van der Waals surface area (Å²) in [4.78, 5) is 0. The van der Waals surface area contributed by atoms with E-state index >= 15 is 0 Å². The Hall–Kier alpha value is -0.900. The lowest BCUT2D eigenvalue weighted by Gasteiger charge is -1.99. The average Bonchev–Trinajstić information content (AvgIpc) is 2.46. The van der Waals surface area contributed by atoms with Crippen molar-refractivity contribution in [2.45, 2.75) is 19.8 Å². The third-order valence-corrected chi connectivity index (χ3v) is 2.92. The van der Waals surface area contributed by atoms with Gasteiger partial charge in [0.1, 0.15) is 5.52 Å². The van der Waals surface area contributed by atoms with Crippen LogP contribution in [0.4, 0.5) is 4.39 Å². The third kappa shape index (κ3) is 1.78. The highest BCUT2D eigenvalue weighted by molar-refractivity contribution is 9.10. The number of fused-ring (bicyclic) bond motifs is 1.